The number of para-hydroxylation sites is 1. The number of aromatic nitrogens is 1. The Kier molecular flexibility index (Phi) is 4.24. The highest BCUT2D eigenvalue weighted by Gasteiger charge is 2.25. The standard InChI is InChI=1S/C14H16N2O2S2/c17-14(18)7-10-9-19-6-5-16(10)8-13-15-11-3-1-2-4-12(11)20-13/h1-4,10H,5-9H2,(H,17,18). The van der Waals surface area contributed by atoms with Gasteiger partial charge in [-0.3, -0.25) is 9.69 Å². The molecule has 2 aromatic rings. The minimum absolute atomic E-state index is 0.123. The highest BCUT2D eigenvalue weighted by molar-refractivity contribution is 7.99. The molecule has 0 amide bonds. The smallest absolute Gasteiger partial charge is 0.304 e. The van der Waals surface area contributed by atoms with Gasteiger partial charge in [-0.2, -0.15) is 11.8 Å². The van der Waals surface area contributed by atoms with Gasteiger partial charge in [-0.1, -0.05) is 12.1 Å². The SMILES string of the molecule is O=C(O)CC1CSCCN1Cc1nc2ccccc2s1. The van der Waals surface area contributed by atoms with Crippen LogP contribution in [0.2, 0.25) is 0 Å². The Bertz CT molecular complexity index is 581. The first kappa shape index (κ1) is 13.9. The number of carbonyl (C=O) groups is 1. The molecule has 4 nitrogen and oxygen atoms in total. The van der Waals surface area contributed by atoms with Crippen LogP contribution in [0.25, 0.3) is 10.2 Å². The van der Waals surface area contributed by atoms with Gasteiger partial charge < -0.3 is 5.11 Å². The summed E-state index contributed by atoms with van der Waals surface area (Å²) in [4.78, 5) is 17.9. The summed E-state index contributed by atoms with van der Waals surface area (Å²) in [6.45, 7) is 1.70. The Morgan fingerprint density at radius 2 is 2.30 bits per heavy atom. The predicted molar refractivity (Wildman–Crippen MR) is 83.4 cm³/mol. The summed E-state index contributed by atoms with van der Waals surface area (Å²) in [7, 11) is 0. The monoisotopic (exact) mass is 308 g/mol. The molecule has 6 heteroatoms. The second kappa shape index (κ2) is 6.11. The zero-order valence-corrected chi connectivity index (χ0v) is 12.6. The van der Waals surface area contributed by atoms with Crippen LogP contribution in [-0.2, 0) is 11.3 Å². The normalized spacial score (nSPS) is 20.3. The van der Waals surface area contributed by atoms with Crippen molar-refractivity contribution in [2.24, 2.45) is 0 Å². The van der Waals surface area contributed by atoms with Crippen molar-refractivity contribution in [1.29, 1.82) is 0 Å². The first-order valence-electron chi connectivity index (χ1n) is 6.60. The lowest BCUT2D eigenvalue weighted by Crippen LogP contribution is -2.42. The van der Waals surface area contributed by atoms with Crippen molar-refractivity contribution < 1.29 is 9.90 Å². The zero-order valence-electron chi connectivity index (χ0n) is 11.0. The van der Waals surface area contributed by atoms with E-state index in [1.165, 1.54) is 4.70 Å². The van der Waals surface area contributed by atoms with E-state index < -0.39 is 5.97 Å². The van der Waals surface area contributed by atoms with Crippen molar-refractivity contribution in [2.45, 2.75) is 19.0 Å². The molecule has 1 aliphatic rings. The zero-order chi connectivity index (χ0) is 13.9. The van der Waals surface area contributed by atoms with Gasteiger partial charge in [0.1, 0.15) is 5.01 Å². The van der Waals surface area contributed by atoms with E-state index in [9.17, 15) is 4.79 Å². The first-order chi connectivity index (χ1) is 9.72. The predicted octanol–water partition coefficient (Wildman–Crippen LogP) is 2.69. The minimum atomic E-state index is -0.716. The number of thioether (sulfide) groups is 1. The fraction of sp³-hybridized carbons (Fsp3) is 0.429. The average molecular weight is 308 g/mol. The Labute approximate surface area is 125 Å². The fourth-order valence-corrected chi connectivity index (χ4v) is 4.57. The lowest BCUT2D eigenvalue weighted by molar-refractivity contribution is -0.138. The van der Waals surface area contributed by atoms with E-state index >= 15 is 0 Å². The van der Waals surface area contributed by atoms with Crippen LogP contribution < -0.4 is 0 Å². The van der Waals surface area contributed by atoms with Crippen molar-refractivity contribution in [2.75, 3.05) is 18.1 Å². The molecule has 2 heterocycles. The molecule has 0 radical (unpaired) electrons. The Hall–Kier alpha value is -1.11. The number of benzene rings is 1. The molecule has 1 saturated heterocycles. The molecule has 1 aromatic heterocycles. The number of carboxylic acids is 1. The molecule has 1 fully saturated rings. The van der Waals surface area contributed by atoms with Crippen LogP contribution in [0.1, 0.15) is 11.4 Å². The molecule has 1 unspecified atom stereocenters. The number of hydrogen-bond acceptors (Lipinski definition) is 5. The van der Waals surface area contributed by atoms with Crippen LogP contribution in [0.4, 0.5) is 0 Å². The summed E-state index contributed by atoms with van der Waals surface area (Å²) in [5.74, 6) is 1.25. The second-order valence-corrected chi connectivity index (χ2v) is 7.14. The van der Waals surface area contributed by atoms with Gasteiger partial charge in [0.2, 0.25) is 0 Å². The minimum Gasteiger partial charge on any atom is -0.481 e. The Morgan fingerprint density at radius 3 is 3.10 bits per heavy atom. The van der Waals surface area contributed by atoms with Gasteiger partial charge in [0, 0.05) is 24.1 Å². The van der Waals surface area contributed by atoms with Gasteiger partial charge >= 0.3 is 5.97 Å². The molecule has 106 valence electrons. The van der Waals surface area contributed by atoms with Crippen LogP contribution in [0.15, 0.2) is 24.3 Å². The van der Waals surface area contributed by atoms with Crippen LogP contribution >= 0.6 is 23.1 Å². The Balaban J connectivity index is 1.75. The molecule has 1 aliphatic heterocycles. The molecule has 1 atom stereocenters. The van der Waals surface area contributed by atoms with Crippen LogP contribution in [0, 0.1) is 0 Å². The van der Waals surface area contributed by atoms with Crippen molar-refractivity contribution in [3.05, 3.63) is 29.3 Å². The molecule has 3 rings (SSSR count). The number of fused-ring (bicyclic) bond motifs is 1. The summed E-state index contributed by atoms with van der Waals surface area (Å²) in [5, 5.41) is 10.1. The Morgan fingerprint density at radius 1 is 1.45 bits per heavy atom. The van der Waals surface area contributed by atoms with E-state index in [1.807, 2.05) is 30.0 Å². The summed E-state index contributed by atoms with van der Waals surface area (Å²) < 4.78 is 1.20. The lowest BCUT2D eigenvalue weighted by Gasteiger charge is -2.33. The molecule has 0 saturated carbocycles. The molecule has 0 aliphatic carbocycles. The van der Waals surface area contributed by atoms with Gasteiger partial charge in [0.05, 0.1) is 23.2 Å². The highest BCUT2D eigenvalue weighted by Crippen LogP contribution is 2.26. The third kappa shape index (κ3) is 3.13. The largest absolute Gasteiger partial charge is 0.481 e. The highest BCUT2D eigenvalue weighted by atomic mass is 32.2. The van der Waals surface area contributed by atoms with Gasteiger partial charge in [-0.05, 0) is 12.1 Å². The summed E-state index contributed by atoms with van der Waals surface area (Å²) in [6.07, 6.45) is 0.220. The lowest BCUT2D eigenvalue weighted by atomic mass is 10.2. The number of aliphatic carboxylic acids is 1. The molecule has 0 bridgehead atoms. The molecule has 0 spiro atoms. The van der Waals surface area contributed by atoms with E-state index in [0.717, 1.165) is 35.1 Å². The van der Waals surface area contributed by atoms with Gasteiger partial charge in [0.15, 0.2) is 0 Å². The van der Waals surface area contributed by atoms with E-state index in [2.05, 4.69) is 16.0 Å². The third-order valence-corrected chi connectivity index (χ3v) is 5.55. The number of carboxylic acid groups (broad SMARTS) is 1. The molecular weight excluding hydrogens is 292 g/mol. The number of thiazole rings is 1. The van der Waals surface area contributed by atoms with E-state index in [4.69, 9.17) is 5.11 Å². The summed E-state index contributed by atoms with van der Waals surface area (Å²) >= 11 is 3.55. The summed E-state index contributed by atoms with van der Waals surface area (Å²) in [5.41, 5.74) is 1.04. The fourth-order valence-electron chi connectivity index (χ4n) is 2.45. The molecule has 1 N–H and O–H groups in total. The van der Waals surface area contributed by atoms with Crippen LogP contribution in [0.3, 0.4) is 0 Å². The third-order valence-electron chi connectivity index (χ3n) is 3.44. The van der Waals surface area contributed by atoms with Gasteiger partial charge in [0.25, 0.3) is 0 Å². The van der Waals surface area contributed by atoms with Crippen molar-refractivity contribution in [1.82, 2.24) is 9.88 Å². The van der Waals surface area contributed by atoms with Gasteiger partial charge in [-0.15, -0.1) is 11.3 Å². The van der Waals surface area contributed by atoms with E-state index in [0.29, 0.717) is 0 Å². The maximum atomic E-state index is 11.0. The maximum Gasteiger partial charge on any atom is 0.304 e. The topological polar surface area (TPSA) is 53.4 Å². The molecular formula is C14H16N2O2S2. The van der Waals surface area contributed by atoms with Crippen molar-refractivity contribution in [3.63, 3.8) is 0 Å². The van der Waals surface area contributed by atoms with E-state index in [-0.39, 0.29) is 12.5 Å². The van der Waals surface area contributed by atoms with Gasteiger partial charge in [-0.25, -0.2) is 4.98 Å². The van der Waals surface area contributed by atoms with Crippen LogP contribution in [0.5, 0.6) is 0 Å². The summed E-state index contributed by atoms with van der Waals surface area (Å²) in [6, 6.07) is 8.25. The van der Waals surface area contributed by atoms with Crippen LogP contribution in [-0.4, -0.2) is 45.1 Å². The van der Waals surface area contributed by atoms with E-state index in [1.54, 1.807) is 11.3 Å². The quantitative estimate of drug-likeness (QED) is 0.941. The first-order valence-corrected chi connectivity index (χ1v) is 8.57. The number of nitrogens with zero attached hydrogens (tertiary/aromatic N) is 2. The number of rotatable bonds is 4. The maximum absolute atomic E-state index is 11.0. The molecule has 1 aromatic carbocycles. The van der Waals surface area contributed by atoms with Crippen molar-refractivity contribution in [3.8, 4) is 0 Å². The second-order valence-electron chi connectivity index (χ2n) is 4.87. The average Bonchev–Trinajstić information content (AvgIpc) is 2.82. The molecule has 20 heavy (non-hydrogen) atoms. The number of hydrogen-bond donors (Lipinski definition) is 1. The van der Waals surface area contributed by atoms with Crippen molar-refractivity contribution >= 4 is 39.3 Å².